The van der Waals surface area contributed by atoms with Crippen molar-refractivity contribution >= 4 is 23.3 Å². The Morgan fingerprint density at radius 1 is 1.37 bits per heavy atom. The van der Waals surface area contributed by atoms with E-state index >= 15 is 0 Å². The van der Waals surface area contributed by atoms with Crippen LogP contribution in [-0.2, 0) is 16.0 Å². The molecule has 5 nitrogen and oxygen atoms in total. The third-order valence-electron chi connectivity index (χ3n) is 3.19. The standard InChI is InChI=1S/C14H15NO4/c1-9(16)10-4-5-12-11(7-10)8-13(17)15(12)6-2-3-14(18)19/h4-5,7H,2-3,6,8H2,1H3,(H,18,19). The summed E-state index contributed by atoms with van der Waals surface area (Å²) in [5, 5.41) is 8.61. The van der Waals surface area contributed by atoms with Gasteiger partial charge in [-0.3, -0.25) is 14.4 Å². The Labute approximate surface area is 110 Å². The van der Waals surface area contributed by atoms with Crippen LogP contribution in [0.2, 0.25) is 0 Å². The number of carbonyl (C=O) groups is 3. The summed E-state index contributed by atoms with van der Waals surface area (Å²) in [6.07, 6.45) is 0.753. The number of aliphatic carboxylic acids is 1. The average Bonchev–Trinajstić information content (AvgIpc) is 2.64. The van der Waals surface area contributed by atoms with Crippen molar-refractivity contribution in [3.05, 3.63) is 29.3 Å². The molecule has 0 saturated heterocycles. The summed E-state index contributed by atoms with van der Waals surface area (Å²) in [7, 11) is 0. The summed E-state index contributed by atoms with van der Waals surface area (Å²) >= 11 is 0. The van der Waals surface area contributed by atoms with Crippen LogP contribution in [0.25, 0.3) is 0 Å². The van der Waals surface area contributed by atoms with Crippen molar-refractivity contribution in [3.63, 3.8) is 0 Å². The van der Waals surface area contributed by atoms with Crippen molar-refractivity contribution in [2.75, 3.05) is 11.4 Å². The van der Waals surface area contributed by atoms with Crippen molar-refractivity contribution < 1.29 is 19.5 Å². The number of hydrogen-bond donors (Lipinski definition) is 1. The number of carboxylic acids is 1. The number of fused-ring (bicyclic) bond motifs is 1. The molecule has 0 saturated carbocycles. The highest BCUT2D eigenvalue weighted by Gasteiger charge is 2.27. The monoisotopic (exact) mass is 261 g/mol. The summed E-state index contributed by atoms with van der Waals surface area (Å²) in [4.78, 5) is 35.3. The van der Waals surface area contributed by atoms with E-state index in [1.54, 1.807) is 23.1 Å². The number of nitrogens with zero attached hydrogens (tertiary/aromatic N) is 1. The molecule has 0 aromatic heterocycles. The molecule has 0 bridgehead atoms. The first-order valence-electron chi connectivity index (χ1n) is 6.15. The topological polar surface area (TPSA) is 74.7 Å². The number of Topliss-reactive ketones (excluding diaryl/α,β-unsaturated/α-hetero) is 1. The molecule has 1 N–H and O–H groups in total. The SMILES string of the molecule is CC(=O)c1ccc2c(c1)CC(=O)N2CCCC(=O)O. The number of hydrogen-bond acceptors (Lipinski definition) is 3. The van der Waals surface area contributed by atoms with E-state index in [-0.39, 0.29) is 24.5 Å². The maximum atomic E-state index is 11.9. The molecule has 0 aliphatic carbocycles. The van der Waals surface area contributed by atoms with E-state index in [1.165, 1.54) is 6.92 Å². The molecule has 1 aromatic rings. The zero-order valence-corrected chi connectivity index (χ0v) is 10.7. The number of benzene rings is 1. The van der Waals surface area contributed by atoms with Crippen molar-refractivity contribution in [2.45, 2.75) is 26.2 Å². The number of rotatable bonds is 5. The van der Waals surface area contributed by atoms with Gasteiger partial charge in [0.1, 0.15) is 0 Å². The number of amides is 1. The summed E-state index contributed by atoms with van der Waals surface area (Å²) in [6.45, 7) is 1.89. The Kier molecular flexibility index (Phi) is 3.64. The van der Waals surface area contributed by atoms with Gasteiger partial charge >= 0.3 is 5.97 Å². The first kappa shape index (κ1) is 13.3. The predicted molar refractivity (Wildman–Crippen MR) is 69.4 cm³/mol. The maximum Gasteiger partial charge on any atom is 0.303 e. The van der Waals surface area contributed by atoms with Crippen LogP contribution >= 0.6 is 0 Å². The molecule has 0 unspecified atom stereocenters. The Morgan fingerprint density at radius 2 is 2.11 bits per heavy atom. The molecule has 1 aromatic carbocycles. The van der Waals surface area contributed by atoms with Gasteiger partial charge in [-0.25, -0.2) is 0 Å². The van der Waals surface area contributed by atoms with E-state index in [9.17, 15) is 14.4 Å². The second kappa shape index (κ2) is 5.22. The molecule has 2 rings (SSSR count). The number of carboxylic acid groups (broad SMARTS) is 1. The molecule has 100 valence electrons. The van der Waals surface area contributed by atoms with Crippen molar-refractivity contribution in [1.29, 1.82) is 0 Å². The van der Waals surface area contributed by atoms with Crippen LogP contribution < -0.4 is 4.90 Å². The highest BCUT2D eigenvalue weighted by molar-refractivity contribution is 6.03. The van der Waals surface area contributed by atoms with Gasteiger partial charge in [-0.2, -0.15) is 0 Å². The van der Waals surface area contributed by atoms with Crippen LogP contribution in [0.5, 0.6) is 0 Å². The lowest BCUT2D eigenvalue weighted by Crippen LogP contribution is -2.28. The van der Waals surface area contributed by atoms with Crippen LogP contribution in [0.4, 0.5) is 5.69 Å². The normalized spacial score (nSPS) is 13.5. The van der Waals surface area contributed by atoms with Gasteiger partial charge in [0.05, 0.1) is 6.42 Å². The third-order valence-corrected chi connectivity index (χ3v) is 3.19. The lowest BCUT2D eigenvalue weighted by atomic mass is 10.1. The lowest BCUT2D eigenvalue weighted by Gasteiger charge is -2.16. The molecule has 5 heteroatoms. The van der Waals surface area contributed by atoms with Gasteiger partial charge in [-0.05, 0) is 37.1 Å². The first-order chi connectivity index (χ1) is 8.99. The van der Waals surface area contributed by atoms with E-state index in [1.807, 2.05) is 0 Å². The molecule has 1 amide bonds. The molecule has 0 spiro atoms. The number of anilines is 1. The largest absolute Gasteiger partial charge is 0.481 e. The zero-order chi connectivity index (χ0) is 14.0. The van der Waals surface area contributed by atoms with Gasteiger partial charge in [0.15, 0.2) is 5.78 Å². The Bertz CT molecular complexity index is 550. The molecular weight excluding hydrogens is 246 g/mol. The Morgan fingerprint density at radius 3 is 2.74 bits per heavy atom. The van der Waals surface area contributed by atoms with E-state index in [0.29, 0.717) is 18.5 Å². The van der Waals surface area contributed by atoms with Gasteiger partial charge in [0, 0.05) is 24.2 Å². The summed E-state index contributed by atoms with van der Waals surface area (Å²) in [5.74, 6) is -0.931. The highest BCUT2D eigenvalue weighted by Crippen LogP contribution is 2.30. The molecule has 1 heterocycles. The quantitative estimate of drug-likeness (QED) is 0.818. The average molecular weight is 261 g/mol. The van der Waals surface area contributed by atoms with Crippen LogP contribution in [0.3, 0.4) is 0 Å². The van der Waals surface area contributed by atoms with E-state index in [0.717, 1.165) is 11.3 Å². The maximum absolute atomic E-state index is 11.9. The smallest absolute Gasteiger partial charge is 0.303 e. The summed E-state index contributed by atoms with van der Waals surface area (Å²) in [6, 6.07) is 5.20. The molecule has 0 radical (unpaired) electrons. The van der Waals surface area contributed by atoms with Crippen molar-refractivity contribution in [1.82, 2.24) is 0 Å². The van der Waals surface area contributed by atoms with Crippen LogP contribution in [0.1, 0.15) is 35.7 Å². The second-order valence-electron chi connectivity index (χ2n) is 4.62. The van der Waals surface area contributed by atoms with Gasteiger partial charge < -0.3 is 10.0 Å². The summed E-state index contributed by atoms with van der Waals surface area (Å²) < 4.78 is 0. The van der Waals surface area contributed by atoms with E-state index in [4.69, 9.17) is 5.11 Å². The molecular formula is C14H15NO4. The summed E-state index contributed by atoms with van der Waals surface area (Å²) in [5.41, 5.74) is 2.23. The minimum absolute atomic E-state index is 0.0282. The molecule has 1 aliphatic heterocycles. The number of ketones is 1. The van der Waals surface area contributed by atoms with Gasteiger partial charge in [0.25, 0.3) is 0 Å². The van der Waals surface area contributed by atoms with Crippen molar-refractivity contribution in [3.8, 4) is 0 Å². The van der Waals surface area contributed by atoms with Gasteiger partial charge in [-0.1, -0.05) is 0 Å². The van der Waals surface area contributed by atoms with Crippen molar-refractivity contribution in [2.24, 2.45) is 0 Å². The van der Waals surface area contributed by atoms with Gasteiger partial charge in [-0.15, -0.1) is 0 Å². The lowest BCUT2D eigenvalue weighted by molar-refractivity contribution is -0.137. The molecule has 1 aliphatic rings. The fraction of sp³-hybridized carbons (Fsp3) is 0.357. The molecule has 19 heavy (non-hydrogen) atoms. The Hall–Kier alpha value is -2.17. The third kappa shape index (κ3) is 2.81. The van der Waals surface area contributed by atoms with E-state index < -0.39 is 5.97 Å². The fourth-order valence-electron chi connectivity index (χ4n) is 2.24. The van der Waals surface area contributed by atoms with E-state index in [2.05, 4.69) is 0 Å². The van der Waals surface area contributed by atoms with Crippen LogP contribution in [0.15, 0.2) is 18.2 Å². The first-order valence-corrected chi connectivity index (χ1v) is 6.15. The van der Waals surface area contributed by atoms with Gasteiger partial charge in [0.2, 0.25) is 5.91 Å². The second-order valence-corrected chi connectivity index (χ2v) is 4.62. The minimum Gasteiger partial charge on any atom is -0.481 e. The highest BCUT2D eigenvalue weighted by atomic mass is 16.4. The van der Waals surface area contributed by atoms with Crippen LogP contribution in [0, 0.1) is 0 Å². The minimum atomic E-state index is -0.862. The molecule has 0 atom stereocenters. The Balaban J connectivity index is 2.15. The molecule has 0 fully saturated rings. The van der Waals surface area contributed by atoms with Crippen LogP contribution in [-0.4, -0.2) is 29.3 Å². The zero-order valence-electron chi connectivity index (χ0n) is 10.7. The fourth-order valence-corrected chi connectivity index (χ4v) is 2.24. The predicted octanol–water partition coefficient (Wildman–Crippen LogP) is 1.64. The number of carbonyl (C=O) groups excluding carboxylic acids is 2.